The number of hydrogen-bond acceptors (Lipinski definition) is 4. The molecule has 0 bridgehead atoms. The maximum Gasteiger partial charge on any atom is 1.00 e. The van der Waals surface area contributed by atoms with Crippen molar-refractivity contribution >= 4 is 16.0 Å². The fourth-order valence-electron chi connectivity index (χ4n) is 0.827. The summed E-state index contributed by atoms with van der Waals surface area (Å²) in [5, 5.41) is 2.52. The normalized spacial score (nSPS) is 11.4. The molecule has 0 radical (unpaired) electrons. The Bertz CT molecular complexity index is 324. The van der Waals surface area contributed by atoms with Crippen molar-refractivity contribution in [1.82, 2.24) is 5.32 Å². The van der Waals surface area contributed by atoms with Crippen LogP contribution in [-0.2, 0) is 14.9 Å². The van der Waals surface area contributed by atoms with Gasteiger partial charge in [-0.2, -0.15) is 0 Å². The Labute approximate surface area is 112 Å². The smallest absolute Gasteiger partial charge is 0.748 e. The zero-order valence-electron chi connectivity index (χ0n) is 9.24. The van der Waals surface area contributed by atoms with Crippen LogP contribution in [0.1, 0.15) is 20.3 Å². The van der Waals surface area contributed by atoms with E-state index in [0.29, 0.717) is 0 Å². The van der Waals surface area contributed by atoms with Gasteiger partial charge in [0.25, 0.3) is 0 Å². The van der Waals surface area contributed by atoms with Gasteiger partial charge in [0.1, 0.15) is 0 Å². The molecule has 82 valence electrons. The van der Waals surface area contributed by atoms with Gasteiger partial charge in [-0.1, -0.05) is 6.58 Å². The first-order valence-corrected chi connectivity index (χ1v) is 5.62. The Hall–Kier alpha value is 0.120. The van der Waals surface area contributed by atoms with Crippen LogP contribution in [0.4, 0.5) is 0 Å². The predicted molar refractivity (Wildman–Crippen MR) is 51.6 cm³/mol. The summed E-state index contributed by atoms with van der Waals surface area (Å²) in [5.41, 5.74) is -0.719. The molecule has 5 nitrogen and oxygen atoms in total. The first kappa shape index (κ1) is 17.5. The van der Waals surface area contributed by atoms with Crippen molar-refractivity contribution < 1.29 is 47.3 Å². The fraction of sp³-hybridized carbons (Fsp3) is 0.625. The average Bonchev–Trinajstić information content (AvgIpc) is 1.99. The number of nitrogens with one attached hydrogen (secondary N) is 1. The van der Waals surface area contributed by atoms with E-state index in [2.05, 4.69) is 11.9 Å². The van der Waals surface area contributed by atoms with Gasteiger partial charge in [0.05, 0.1) is 10.1 Å². The summed E-state index contributed by atoms with van der Waals surface area (Å²) in [7, 11) is -4.23. The third kappa shape index (κ3) is 10.4. The summed E-state index contributed by atoms with van der Waals surface area (Å²) in [6.45, 7) is 6.54. The molecule has 1 amide bonds. The zero-order valence-corrected chi connectivity index (χ0v) is 12.1. The number of carbonyl (C=O) groups excluding carboxylic acids is 1. The van der Waals surface area contributed by atoms with Crippen LogP contribution >= 0.6 is 0 Å². The van der Waals surface area contributed by atoms with Crippen LogP contribution < -0.4 is 34.9 Å². The maximum absolute atomic E-state index is 10.9. The minimum absolute atomic E-state index is 0. The van der Waals surface area contributed by atoms with E-state index < -0.39 is 27.3 Å². The summed E-state index contributed by atoms with van der Waals surface area (Å²) in [6.07, 6.45) is 1.17. The van der Waals surface area contributed by atoms with E-state index in [4.69, 9.17) is 0 Å². The van der Waals surface area contributed by atoms with Crippen molar-refractivity contribution in [2.45, 2.75) is 25.8 Å². The van der Waals surface area contributed by atoms with Gasteiger partial charge in [0.2, 0.25) is 5.91 Å². The minimum atomic E-state index is -4.23. The van der Waals surface area contributed by atoms with Crippen molar-refractivity contribution in [3.05, 3.63) is 12.7 Å². The summed E-state index contributed by atoms with van der Waals surface area (Å²) in [6, 6.07) is 0. The standard InChI is InChI=1S/C8H15NO4S.Na/c1-4-7(10)9-8(2,3)5-6-14(11,12)13;/h4H,1,5-6H2,2-3H3,(H,9,10)(H,11,12,13);/q;+1/p-1. The van der Waals surface area contributed by atoms with E-state index in [1.54, 1.807) is 13.8 Å². The van der Waals surface area contributed by atoms with Crippen molar-refractivity contribution in [2.75, 3.05) is 5.75 Å². The molecular weight excluding hydrogens is 229 g/mol. The molecule has 7 heteroatoms. The van der Waals surface area contributed by atoms with Gasteiger partial charge in [0, 0.05) is 11.3 Å². The van der Waals surface area contributed by atoms with Crippen molar-refractivity contribution in [1.29, 1.82) is 0 Å². The second kappa shape index (κ2) is 6.65. The zero-order chi connectivity index (χ0) is 11.4. The first-order chi connectivity index (χ1) is 6.16. The third-order valence-corrected chi connectivity index (χ3v) is 2.33. The van der Waals surface area contributed by atoms with Crippen LogP contribution in [0, 0.1) is 0 Å². The quantitative estimate of drug-likeness (QED) is 0.317. The van der Waals surface area contributed by atoms with Gasteiger partial charge in [0.15, 0.2) is 0 Å². The van der Waals surface area contributed by atoms with E-state index in [-0.39, 0.29) is 36.0 Å². The van der Waals surface area contributed by atoms with Gasteiger partial charge in [-0.3, -0.25) is 4.79 Å². The Morgan fingerprint density at radius 1 is 1.53 bits per heavy atom. The molecule has 0 saturated heterocycles. The largest absolute Gasteiger partial charge is 1.00 e. The van der Waals surface area contributed by atoms with Crippen LogP contribution in [-0.4, -0.2) is 30.2 Å². The van der Waals surface area contributed by atoms with Crippen LogP contribution in [0.3, 0.4) is 0 Å². The Balaban J connectivity index is 0. The molecule has 0 unspecified atom stereocenters. The first-order valence-electron chi connectivity index (χ1n) is 4.04. The molecular formula is C8H14NNaO4S. The van der Waals surface area contributed by atoms with Gasteiger partial charge >= 0.3 is 29.6 Å². The van der Waals surface area contributed by atoms with E-state index in [1.807, 2.05) is 0 Å². The van der Waals surface area contributed by atoms with Crippen molar-refractivity contribution in [3.63, 3.8) is 0 Å². The maximum atomic E-state index is 10.9. The number of rotatable bonds is 5. The van der Waals surface area contributed by atoms with Crippen LogP contribution in [0.2, 0.25) is 0 Å². The molecule has 15 heavy (non-hydrogen) atoms. The second-order valence-electron chi connectivity index (χ2n) is 3.59. The molecule has 0 atom stereocenters. The molecule has 0 aliphatic carbocycles. The van der Waals surface area contributed by atoms with Crippen LogP contribution in [0.25, 0.3) is 0 Å². The van der Waals surface area contributed by atoms with Gasteiger partial charge in [-0.05, 0) is 26.3 Å². The number of carbonyl (C=O) groups is 1. The molecule has 0 aromatic carbocycles. The van der Waals surface area contributed by atoms with Crippen LogP contribution in [0.5, 0.6) is 0 Å². The summed E-state index contributed by atoms with van der Waals surface area (Å²) in [5.74, 6) is -0.879. The van der Waals surface area contributed by atoms with Crippen molar-refractivity contribution in [3.8, 4) is 0 Å². The van der Waals surface area contributed by atoms with E-state index >= 15 is 0 Å². The molecule has 1 N–H and O–H groups in total. The molecule has 0 spiro atoms. The average molecular weight is 243 g/mol. The third-order valence-electron chi connectivity index (χ3n) is 1.62. The van der Waals surface area contributed by atoms with Crippen molar-refractivity contribution in [2.24, 2.45) is 0 Å². The summed E-state index contributed by atoms with van der Waals surface area (Å²) >= 11 is 0. The molecule has 0 aromatic rings. The number of hydrogen-bond donors (Lipinski definition) is 1. The molecule has 0 heterocycles. The van der Waals surface area contributed by atoms with Gasteiger partial charge in [-0.25, -0.2) is 8.42 Å². The van der Waals surface area contributed by atoms with E-state index in [0.717, 1.165) is 6.08 Å². The molecule has 0 fully saturated rings. The van der Waals surface area contributed by atoms with Crippen LogP contribution in [0.15, 0.2) is 12.7 Å². The summed E-state index contributed by atoms with van der Waals surface area (Å²) < 4.78 is 31.0. The Morgan fingerprint density at radius 3 is 2.33 bits per heavy atom. The molecule has 0 aliphatic heterocycles. The monoisotopic (exact) mass is 243 g/mol. The van der Waals surface area contributed by atoms with E-state index in [9.17, 15) is 17.8 Å². The Morgan fingerprint density at radius 2 is 2.00 bits per heavy atom. The predicted octanol–water partition coefficient (Wildman–Crippen LogP) is -2.99. The topological polar surface area (TPSA) is 86.3 Å². The molecule has 0 aromatic heterocycles. The fourth-order valence-corrected chi connectivity index (χ4v) is 1.59. The molecule has 0 saturated carbocycles. The van der Waals surface area contributed by atoms with Gasteiger partial charge < -0.3 is 9.87 Å². The molecule has 0 rings (SSSR count). The SMILES string of the molecule is C=CC(=O)NC(C)(C)CCS(=O)(=O)[O-].[Na+]. The van der Waals surface area contributed by atoms with Gasteiger partial charge in [-0.15, -0.1) is 0 Å². The Kier molecular flexibility index (Phi) is 7.76. The second-order valence-corrected chi connectivity index (χ2v) is 5.11. The number of amides is 1. The van der Waals surface area contributed by atoms with E-state index in [1.165, 1.54) is 0 Å². The molecule has 0 aliphatic rings. The minimum Gasteiger partial charge on any atom is -0.748 e. The summed E-state index contributed by atoms with van der Waals surface area (Å²) in [4.78, 5) is 10.9.